The molecule has 0 aliphatic heterocycles. The van der Waals surface area contributed by atoms with Crippen molar-refractivity contribution in [3.05, 3.63) is 47.0 Å². The molecule has 0 aliphatic rings. The molecule has 0 radical (unpaired) electrons. The maximum Gasteiger partial charge on any atom is 0.104 e. The summed E-state index contributed by atoms with van der Waals surface area (Å²) in [5.41, 5.74) is 0.893. The average molecular weight is 217 g/mol. The Kier molecular flexibility index (Phi) is 2.91. The van der Waals surface area contributed by atoms with Gasteiger partial charge in [-0.05, 0) is 17.5 Å². The van der Waals surface area contributed by atoms with Crippen LogP contribution in [0.1, 0.15) is 5.56 Å². The topological polar surface area (TPSA) is 20.2 Å². The Morgan fingerprint density at radius 2 is 1.80 bits per heavy atom. The molecule has 2 aromatic carbocycles. The van der Waals surface area contributed by atoms with Gasteiger partial charge >= 0.3 is 0 Å². The Balaban J connectivity index is 2.72. The first kappa shape index (κ1) is 10.0. The number of hydrogen-bond acceptors (Lipinski definition) is 1. The fraction of sp³-hybridized carbons (Fsp3) is 0.0769. The third-order valence-electron chi connectivity index (χ3n) is 2.17. The molecular formula is C13H9ClO. The quantitative estimate of drug-likeness (QED) is 0.672. The monoisotopic (exact) mass is 216 g/mol. The molecule has 0 heterocycles. The van der Waals surface area contributed by atoms with Crippen LogP contribution < -0.4 is 0 Å². The van der Waals surface area contributed by atoms with E-state index < -0.39 is 0 Å². The molecule has 2 rings (SSSR count). The fourth-order valence-electron chi connectivity index (χ4n) is 1.51. The second kappa shape index (κ2) is 4.35. The minimum Gasteiger partial charge on any atom is -0.384 e. The van der Waals surface area contributed by atoms with E-state index >= 15 is 0 Å². The second-order valence-electron chi connectivity index (χ2n) is 3.10. The van der Waals surface area contributed by atoms with E-state index in [4.69, 9.17) is 16.7 Å². The summed E-state index contributed by atoms with van der Waals surface area (Å²) in [6.07, 6.45) is 0. The lowest BCUT2D eigenvalue weighted by Gasteiger charge is -2.02. The second-order valence-corrected chi connectivity index (χ2v) is 3.51. The zero-order valence-electron chi connectivity index (χ0n) is 8.00. The summed E-state index contributed by atoms with van der Waals surface area (Å²) in [7, 11) is 0. The van der Waals surface area contributed by atoms with Crippen molar-refractivity contribution in [3.63, 3.8) is 0 Å². The van der Waals surface area contributed by atoms with E-state index in [0.717, 1.165) is 21.4 Å². The van der Waals surface area contributed by atoms with Gasteiger partial charge in [-0.15, -0.1) is 0 Å². The average Bonchev–Trinajstić information content (AvgIpc) is 2.29. The fourth-order valence-corrected chi connectivity index (χ4v) is 1.73. The molecule has 0 unspecified atom stereocenters. The van der Waals surface area contributed by atoms with Crippen LogP contribution in [0.3, 0.4) is 0 Å². The van der Waals surface area contributed by atoms with Crippen molar-refractivity contribution >= 4 is 22.4 Å². The molecule has 0 fully saturated rings. The highest BCUT2D eigenvalue weighted by Gasteiger charge is 2.01. The van der Waals surface area contributed by atoms with Gasteiger partial charge in [-0.2, -0.15) is 0 Å². The highest BCUT2D eigenvalue weighted by molar-refractivity contribution is 6.35. The number of benzene rings is 2. The Morgan fingerprint density at radius 1 is 1.07 bits per heavy atom. The third kappa shape index (κ3) is 1.97. The molecule has 74 valence electrons. The number of aliphatic hydroxyl groups is 1. The van der Waals surface area contributed by atoms with Gasteiger partial charge in [-0.1, -0.05) is 47.7 Å². The number of hydrogen-bond donors (Lipinski definition) is 1. The van der Waals surface area contributed by atoms with Crippen molar-refractivity contribution in [2.24, 2.45) is 0 Å². The van der Waals surface area contributed by atoms with E-state index in [2.05, 4.69) is 11.8 Å². The molecule has 1 nitrogen and oxygen atoms in total. The van der Waals surface area contributed by atoms with Crippen molar-refractivity contribution in [2.75, 3.05) is 6.61 Å². The molecule has 0 saturated carbocycles. The summed E-state index contributed by atoms with van der Waals surface area (Å²) in [6.45, 7) is -0.128. The lowest BCUT2D eigenvalue weighted by Crippen LogP contribution is -1.81. The first-order chi connectivity index (χ1) is 7.33. The normalized spacial score (nSPS) is 9.73. The summed E-state index contributed by atoms with van der Waals surface area (Å²) in [4.78, 5) is 0. The molecule has 0 aromatic heterocycles. The Bertz CT molecular complexity index is 549. The molecule has 0 amide bonds. The van der Waals surface area contributed by atoms with Crippen LogP contribution in [0, 0.1) is 11.8 Å². The summed E-state index contributed by atoms with van der Waals surface area (Å²) in [6, 6.07) is 11.5. The third-order valence-corrected chi connectivity index (χ3v) is 2.50. The van der Waals surface area contributed by atoms with Gasteiger partial charge in [0, 0.05) is 16.0 Å². The van der Waals surface area contributed by atoms with Crippen molar-refractivity contribution in [1.29, 1.82) is 0 Å². The lowest BCUT2D eigenvalue weighted by molar-refractivity contribution is 0.350. The smallest absolute Gasteiger partial charge is 0.104 e. The van der Waals surface area contributed by atoms with Gasteiger partial charge in [0.15, 0.2) is 0 Å². The van der Waals surface area contributed by atoms with Gasteiger partial charge in [0.05, 0.1) is 0 Å². The number of rotatable bonds is 0. The molecule has 0 spiro atoms. The van der Waals surface area contributed by atoms with Gasteiger partial charge in [0.2, 0.25) is 0 Å². The van der Waals surface area contributed by atoms with Crippen LogP contribution in [-0.2, 0) is 0 Å². The van der Waals surface area contributed by atoms with Gasteiger partial charge in [0.1, 0.15) is 6.61 Å². The van der Waals surface area contributed by atoms with Gasteiger partial charge in [0.25, 0.3) is 0 Å². The van der Waals surface area contributed by atoms with E-state index in [9.17, 15) is 0 Å². The van der Waals surface area contributed by atoms with Crippen LogP contribution in [0.4, 0.5) is 0 Å². The van der Waals surface area contributed by atoms with Crippen molar-refractivity contribution in [2.45, 2.75) is 0 Å². The molecule has 15 heavy (non-hydrogen) atoms. The van der Waals surface area contributed by atoms with Crippen molar-refractivity contribution in [3.8, 4) is 11.8 Å². The summed E-state index contributed by atoms with van der Waals surface area (Å²) >= 11 is 6.07. The molecule has 2 heteroatoms. The first-order valence-corrected chi connectivity index (χ1v) is 4.97. The summed E-state index contributed by atoms with van der Waals surface area (Å²) in [5, 5.41) is 11.4. The molecular weight excluding hydrogens is 208 g/mol. The van der Waals surface area contributed by atoms with Crippen LogP contribution >= 0.6 is 11.6 Å². The minimum atomic E-state index is -0.128. The first-order valence-electron chi connectivity index (χ1n) is 4.60. The van der Waals surface area contributed by atoms with E-state index in [1.807, 2.05) is 36.4 Å². The van der Waals surface area contributed by atoms with E-state index in [0.29, 0.717) is 0 Å². The lowest BCUT2D eigenvalue weighted by atomic mass is 10.1. The van der Waals surface area contributed by atoms with Gasteiger partial charge < -0.3 is 5.11 Å². The standard InChI is InChI=1S/C13H9ClO/c14-13-8-7-10(4-3-9-15)11-5-1-2-6-12(11)13/h1-2,5-8,15H,9H2. The number of halogens is 1. The highest BCUT2D eigenvalue weighted by atomic mass is 35.5. The highest BCUT2D eigenvalue weighted by Crippen LogP contribution is 2.25. The SMILES string of the molecule is OCC#Cc1ccc(Cl)c2ccccc12. The maximum absolute atomic E-state index is 8.65. The van der Waals surface area contributed by atoms with Crippen LogP contribution in [-0.4, -0.2) is 11.7 Å². The predicted molar refractivity (Wildman–Crippen MR) is 62.9 cm³/mol. The van der Waals surface area contributed by atoms with Crippen LogP contribution in [0.5, 0.6) is 0 Å². The molecule has 1 N–H and O–H groups in total. The van der Waals surface area contributed by atoms with E-state index in [1.54, 1.807) is 0 Å². The van der Waals surface area contributed by atoms with Crippen LogP contribution in [0.15, 0.2) is 36.4 Å². The Labute approximate surface area is 93.3 Å². The van der Waals surface area contributed by atoms with Crippen LogP contribution in [0.2, 0.25) is 5.02 Å². The van der Waals surface area contributed by atoms with E-state index in [-0.39, 0.29) is 6.61 Å². The van der Waals surface area contributed by atoms with Crippen molar-refractivity contribution < 1.29 is 5.11 Å². The van der Waals surface area contributed by atoms with Gasteiger partial charge in [-0.3, -0.25) is 0 Å². The largest absolute Gasteiger partial charge is 0.384 e. The number of aliphatic hydroxyl groups excluding tert-OH is 1. The molecule has 0 saturated heterocycles. The number of fused-ring (bicyclic) bond motifs is 1. The molecule has 0 aliphatic carbocycles. The zero-order chi connectivity index (χ0) is 10.7. The summed E-state index contributed by atoms with van der Waals surface area (Å²) in [5.74, 6) is 5.54. The predicted octanol–water partition coefficient (Wildman–Crippen LogP) is 2.84. The summed E-state index contributed by atoms with van der Waals surface area (Å²) < 4.78 is 0. The minimum absolute atomic E-state index is 0.128. The van der Waals surface area contributed by atoms with E-state index in [1.165, 1.54) is 0 Å². The molecule has 0 atom stereocenters. The maximum atomic E-state index is 8.65. The molecule has 2 aromatic rings. The van der Waals surface area contributed by atoms with Crippen LogP contribution in [0.25, 0.3) is 10.8 Å². The van der Waals surface area contributed by atoms with Gasteiger partial charge in [-0.25, -0.2) is 0 Å². The zero-order valence-corrected chi connectivity index (χ0v) is 8.75. The van der Waals surface area contributed by atoms with Crippen molar-refractivity contribution in [1.82, 2.24) is 0 Å². The Hall–Kier alpha value is -1.49. The molecule has 0 bridgehead atoms. The Morgan fingerprint density at radius 3 is 2.53 bits per heavy atom.